The van der Waals surface area contributed by atoms with Crippen molar-refractivity contribution < 1.29 is 14.3 Å². The second-order valence-corrected chi connectivity index (χ2v) is 4.50. The molecule has 0 unspecified atom stereocenters. The first kappa shape index (κ1) is 16.2. The van der Waals surface area contributed by atoms with Crippen LogP contribution in [0.25, 0.3) is 0 Å². The molecule has 0 aliphatic carbocycles. The van der Waals surface area contributed by atoms with Crippen LogP contribution in [0.15, 0.2) is 12.7 Å². The third-order valence-electron chi connectivity index (χ3n) is 3.34. The molecule has 0 fully saturated rings. The number of rotatable bonds is 9. The van der Waals surface area contributed by atoms with Gasteiger partial charge in [-0.3, -0.25) is 0 Å². The number of hydrogen-bond acceptors (Lipinski definition) is 3. The predicted octanol–water partition coefficient (Wildman–Crippen LogP) is 3.34. The number of hydrogen-bond donors (Lipinski definition) is 0. The van der Waals surface area contributed by atoms with Gasteiger partial charge in [0.25, 0.3) is 0 Å². The van der Waals surface area contributed by atoms with E-state index in [0.717, 1.165) is 19.3 Å². The molecule has 0 aliphatic heterocycles. The van der Waals surface area contributed by atoms with Gasteiger partial charge in [-0.15, -0.1) is 0 Å². The number of ether oxygens (including phenoxy) is 2. The Morgan fingerprint density at radius 3 is 2.29 bits per heavy atom. The van der Waals surface area contributed by atoms with E-state index in [1.165, 1.54) is 6.08 Å². The van der Waals surface area contributed by atoms with Gasteiger partial charge >= 0.3 is 5.97 Å². The van der Waals surface area contributed by atoms with Crippen LogP contribution in [0, 0.1) is 5.92 Å². The van der Waals surface area contributed by atoms with E-state index in [0.29, 0.717) is 19.1 Å². The zero-order valence-corrected chi connectivity index (χ0v) is 11.6. The van der Waals surface area contributed by atoms with Crippen LogP contribution in [0.1, 0.15) is 47.0 Å². The van der Waals surface area contributed by atoms with Gasteiger partial charge in [0.1, 0.15) is 0 Å². The minimum atomic E-state index is -0.369. The Kier molecular flexibility index (Phi) is 7.88. The average Bonchev–Trinajstić information content (AvgIpc) is 2.33. The van der Waals surface area contributed by atoms with Gasteiger partial charge in [0.15, 0.2) is 0 Å². The Bertz CT molecular complexity index is 230. The van der Waals surface area contributed by atoms with Crippen molar-refractivity contribution in [1.29, 1.82) is 0 Å². The lowest BCUT2D eigenvalue weighted by Crippen LogP contribution is -2.37. The standard InChI is InChI=1S/C14H26O3/c1-6-13(15)16-10-9-11-17-14(7-2,8-3)12(4)5/h6,12H,1,7-11H2,2-5H3. The number of carbonyl (C=O) groups excluding carboxylic acids is 1. The third-order valence-corrected chi connectivity index (χ3v) is 3.34. The average molecular weight is 242 g/mol. The summed E-state index contributed by atoms with van der Waals surface area (Å²) >= 11 is 0. The second-order valence-electron chi connectivity index (χ2n) is 4.50. The molecule has 0 amide bonds. The summed E-state index contributed by atoms with van der Waals surface area (Å²) in [5.74, 6) is 0.124. The van der Waals surface area contributed by atoms with Crippen molar-refractivity contribution in [2.75, 3.05) is 13.2 Å². The molecule has 0 saturated heterocycles. The lowest BCUT2D eigenvalue weighted by atomic mass is 9.85. The van der Waals surface area contributed by atoms with Gasteiger partial charge in [0.05, 0.1) is 18.8 Å². The maximum atomic E-state index is 10.8. The highest BCUT2D eigenvalue weighted by Crippen LogP contribution is 2.29. The van der Waals surface area contributed by atoms with E-state index in [4.69, 9.17) is 9.47 Å². The molecule has 0 spiro atoms. The summed E-state index contributed by atoms with van der Waals surface area (Å²) in [7, 11) is 0. The van der Waals surface area contributed by atoms with Crippen molar-refractivity contribution in [3.63, 3.8) is 0 Å². The van der Waals surface area contributed by atoms with Crippen molar-refractivity contribution in [2.45, 2.75) is 52.6 Å². The zero-order chi connectivity index (χ0) is 13.3. The summed E-state index contributed by atoms with van der Waals surface area (Å²) in [5.41, 5.74) is -0.0392. The Morgan fingerprint density at radius 1 is 1.29 bits per heavy atom. The fraction of sp³-hybridized carbons (Fsp3) is 0.786. The first-order chi connectivity index (χ1) is 8.02. The molecule has 0 saturated carbocycles. The fourth-order valence-corrected chi connectivity index (χ4v) is 2.00. The molecule has 0 aromatic heterocycles. The van der Waals surface area contributed by atoms with Gasteiger partial charge in [0, 0.05) is 12.5 Å². The van der Waals surface area contributed by atoms with E-state index < -0.39 is 0 Å². The van der Waals surface area contributed by atoms with Crippen molar-refractivity contribution >= 4 is 5.97 Å². The van der Waals surface area contributed by atoms with Gasteiger partial charge in [-0.1, -0.05) is 34.3 Å². The van der Waals surface area contributed by atoms with Crippen LogP contribution >= 0.6 is 0 Å². The molecule has 3 heteroatoms. The van der Waals surface area contributed by atoms with Gasteiger partial charge in [-0.2, -0.15) is 0 Å². The molecule has 0 rings (SSSR count). The zero-order valence-electron chi connectivity index (χ0n) is 11.6. The lowest BCUT2D eigenvalue weighted by molar-refractivity contribution is -0.139. The molecule has 100 valence electrons. The van der Waals surface area contributed by atoms with E-state index >= 15 is 0 Å². The van der Waals surface area contributed by atoms with Crippen LogP contribution in [-0.2, 0) is 14.3 Å². The van der Waals surface area contributed by atoms with Gasteiger partial charge < -0.3 is 9.47 Å². The van der Waals surface area contributed by atoms with Crippen molar-refractivity contribution in [1.82, 2.24) is 0 Å². The second kappa shape index (κ2) is 8.29. The molecular weight excluding hydrogens is 216 g/mol. The summed E-state index contributed by atoms with van der Waals surface area (Å²) in [6.07, 6.45) is 3.92. The minimum Gasteiger partial charge on any atom is -0.462 e. The molecule has 0 aromatic rings. The van der Waals surface area contributed by atoms with Gasteiger partial charge in [0.2, 0.25) is 0 Å². The number of esters is 1. The summed E-state index contributed by atoms with van der Waals surface area (Å²) in [6.45, 7) is 13.0. The van der Waals surface area contributed by atoms with Crippen LogP contribution in [0.5, 0.6) is 0 Å². The van der Waals surface area contributed by atoms with E-state index in [9.17, 15) is 4.79 Å². The van der Waals surface area contributed by atoms with Crippen LogP contribution < -0.4 is 0 Å². The first-order valence-electron chi connectivity index (χ1n) is 6.45. The summed E-state index contributed by atoms with van der Waals surface area (Å²) in [4.78, 5) is 10.8. The highest BCUT2D eigenvalue weighted by molar-refractivity contribution is 5.81. The smallest absolute Gasteiger partial charge is 0.330 e. The van der Waals surface area contributed by atoms with E-state index in [2.05, 4.69) is 34.3 Å². The molecule has 0 heterocycles. The lowest BCUT2D eigenvalue weighted by Gasteiger charge is -2.36. The maximum Gasteiger partial charge on any atom is 0.330 e. The molecule has 0 bridgehead atoms. The monoisotopic (exact) mass is 242 g/mol. The fourth-order valence-electron chi connectivity index (χ4n) is 2.00. The van der Waals surface area contributed by atoms with Gasteiger partial charge in [-0.05, 0) is 18.8 Å². The Hall–Kier alpha value is -0.830. The Morgan fingerprint density at radius 2 is 1.88 bits per heavy atom. The van der Waals surface area contributed by atoms with Gasteiger partial charge in [-0.25, -0.2) is 4.79 Å². The normalized spacial score (nSPS) is 11.6. The molecule has 0 radical (unpaired) electrons. The predicted molar refractivity (Wildman–Crippen MR) is 69.9 cm³/mol. The minimum absolute atomic E-state index is 0.0392. The topological polar surface area (TPSA) is 35.5 Å². The van der Waals surface area contributed by atoms with E-state index in [-0.39, 0.29) is 11.6 Å². The largest absolute Gasteiger partial charge is 0.462 e. The highest BCUT2D eigenvalue weighted by Gasteiger charge is 2.30. The quantitative estimate of drug-likeness (QED) is 0.353. The van der Waals surface area contributed by atoms with Crippen molar-refractivity contribution in [3.05, 3.63) is 12.7 Å². The van der Waals surface area contributed by atoms with Crippen molar-refractivity contribution in [3.8, 4) is 0 Å². The van der Waals surface area contributed by atoms with E-state index in [1.807, 2.05) is 0 Å². The number of carbonyl (C=O) groups is 1. The van der Waals surface area contributed by atoms with Crippen LogP contribution in [0.3, 0.4) is 0 Å². The summed E-state index contributed by atoms with van der Waals surface area (Å²) in [6, 6.07) is 0. The molecule has 0 N–H and O–H groups in total. The SMILES string of the molecule is C=CC(=O)OCCCOC(CC)(CC)C(C)C. The van der Waals surface area contributed by atoms with Crippen LogP contribution in [0.2, 0.25) is 0 Å². The Labute approximate surface area is 105 Å². The summed E-state index contributed by atoms with van der Waals surface area (Å²) in [5, 5.41) is 0. The molecule has 0 aromatic carbocycles. The molecular formula is C14H26O3. The van der Waals surface area contributed by atoms with Crippen LogP contribution in [-0.4, -0.2) is 24.8 Å². The maximum absolute atomic E-state index is 10.8. The van der Waals surface area contributed by atoms with Crippen LogP contribution in [0.4, 0.5) is 0 Å². The third kappa shape index (κ3) is 5.35. The molecule has 3 nitrogen and oxygen atoms in total. The Balaban J connectivity index is 3.91. The highest BCUT2D eigenvalue weighted by atomic mass is 16.5. The first-order valence-corrected chi connectivity index (χ1v) is 6.45. The van der Waals surface area contributed by atoms with Crippen molar-refractivity contribution in [2.24, 2.45) is 5.92 Å². The molecule has 0 atom stereocenters. The van der Waals surface area contributed by atoms with E-state index in [1.54, 1.807) is 0 Å². The molecule has 17 heavy (non-hydrogen) atoms. The summed E-state index contributed by atoms with van der Waals surface area (Å²) < 4.78 is 10.9. The molecule has 0 aliphatic rings.